The summed E-state index contributed by atoms with van der Waals surface area (Å²) in [5.41, 5.74) is 0.413. The molecule has 2 aromatic heterocycles. The molecule has 3 heterocycles. The predicted octanol–water partition coefficient (Wildman–Crippen LogP) is 6.93. The Morgan fingerprint density at radius 2 is 1.85 bits per heavy atom. The van der Waals surface area contributed by atoms with Gasteiger partial charge in [-0.15, -0.1) is 0 Å². The van der Waals surface area contributed by atoms with Gasteiger partial charge in [-0.1, -0.05) is 56.3 Å². The second kappa shape index (κ2) is 13.2. The maximum absolute atomic E-state index is 15.1. The summed E-state index contributed by atoms with van der Waals surface area (Å²) in [6, 6.07) is 12.8. The first kappa shape index (κ1) is 33.6. The van der Waals surface area contributed by atoms with Crippen LogP contribution in [0.3, 0.4) is 0 Å². The number of aromatic nitrogens is 3. The van der Waals surface area contributed by atoms with E-state index in [2.05, 4.69) is 16.9 Å². The molecule has 1 atom stereocenters. The molecule has 0 unspecified atom stereocenters. The number of carbonyl (C=O) groups excluding carboxylic acids is 2. The molecular formula is C35H38ClFN6O4. The highest BCUT2D eigenvalue weighted by Gasteiger charge is 2.31. The molecule has 1 saturated heterocycles. The lowest BCUT2D eigenvalue weighted by molar-refractivity contribution is -0.126. The van der Waals surface area contributed by atoms with Gasteiger partial charge in [-0.2, -0.15) is 4.98 Å². The minimum absolute atomic E-state index is 0.0964. The summed E-state index contributed by atoms with van der Waals surface area (Å²) >= 11 is 6.82. The van der Waals surface area contributed by atoms with Crippen LogP contribution >= 0.6 is 11.6 Å². The van der Waals surface area contributed by atoms with Crippen LogP contribution in [0.5, 0.6) is 0 Å². The molecule has 0 radical (unpaired) electrons. The van der Waals surface area contributed by atoms with E-state index in [1.807, 2.05) is 31.7 Å². The number of halogens is 2. The first-order valence-electron chi connectivity index (χ1n) is 15.4. The van der Waals surface area contributed by atoms with Crippen LogP contribution in [0.4, 0.5) is 20.7 Å². The molecule has 2 aromatic carbocycles. The number of anilines is 2. The number of para-hydroxylation sites is 1. The lowest BCUT2D eigenvalue weighted by Gasteiger charge is -2.40. The zero-order valence-corrected chi connectivity index (χ0v) is 28.1. The Morgan fingerprint density at radius 1 is 1.13 bits per heavy atom. The first-order valence-corrected chi connectivity index (χ1v) is 15.8. The number of hydrogen-bond acceptors (Lipinski definition) is 7. The number of ether oxygens (including phenoxy) is 1. The molecule has 0 bridgehead atoms. The van der Waals surface area contributed by atoms with Gasteiger partial charge in [0.25, 0.3) is 0 Å². The summed E-state index contributed by atoms with van der Waals surface area (Å²) < 4.78 is 22.0. The molecule has 10 nitrogen and oxygen atoms in total. The first-order chi connectivity index (χ1) is 22.2. The van der Waals surface area contributed by atoms with Crippen LogP contribution in [0.15, 0.2) is 66.0 Å². The van der Waals surface area contributed by atoms with Crippen molar-refractivity contribution < 1.29 is 18.7 Å². The van der Waals surface area contributed by atoms with Crippen molar-refractivity contribution in [3.05, 3.63) is 88.1 Å². The van der Waals surface area contributed by atoms with Gasteiger partial charge in [-0.25, -0.2) is 23.5 Å². The molecular weight excluding hydrogens is 623 g/mol. The molecule has 4 aromatic rings. The molecule has 47 heavy (non-hydrogen) atoms. The van der Waals surface area contributed by atoms with Crippen LogP contribution < -0.4 is 15.9 Å². The number of piperazine rings is 1. The van der Waals surface area contributed by atoms with Crippen LogP contribution in [0, 0.1) is 5.82 Å². The average Bonchev–Trinajstić information content (AvgIpc) is 3.00. The van der Waals surface area contributed by atoms with Crippen molar-refractivity contribution >= 4 is 46.1 Å². The largest absolute Gasteiger partial charge is 0.444 e. The van der Waals surface area contributed by atoms with E-state index >= 15 is 4.39 Å². The molecule has 12 heteroatoms. The Morgan fingerprint density at radius 3 is 2.49 bits per heavy atom. The van der Waals surface area contributed by atoms with Gasteiger partial charge in [0.1, 0.15) is 17.2 Å². The highest BCUT2D eigenvalue weighted by atomic mass is 35.5. The summed E-state index contributed by atoms with van der Waals surface area (Å²) in [5.74, 6) is -0.478. The highest BCUT2D eigenvalue weighted by Crippen LogP contribution is 2.37. The molecule has 1 fully saturated rings. The summed E-state index contributed by atoms with van der Waals surface area (Å²) in [6.07, 6.45) is 0.575. The second-order valence-corrected chi connectivity index (χ2v) is 13.2. The van der Waals surface area contributed by atoms with Crippen LogP contribution in [-0.2, 0) is 9.53 Å². The summed E-state index contributed by atoms with van der Waals surface area (Å²) in [4.78, 5) is 52.8. The van der Waals surface area contributed by atoms with Gasteiger partial charge in [-0.05, 0) is 69.5 Å². The minimum atomic E-state index is -0.767. The van der Waals surface area contributed by atoms with E-state index in [1.54, 1.807) is 62.1 Å². The third-order valence-electron chi connectivity index (χ3n) is 7.86. The topological polar surface area (TPSA) is 110 Å². The Balaban J connectivity index is 1.81. The van der Waals surface area contributed by atoms with Crippen LogP contribution in [0.25, 0.3) is 28.0 Å². The summed E-state index contributed by atoms with van der Waals surface area (Å²) in [7, 11) is 0. The lowest BCUT2D eigenvalue weighted by Crippen LogP contribution is -2.54. The number of benzene rings is 2. The smallest absolute Gasteiger partial charge is 0.412 e. The quantitative estimate of drug-likeness (QED) is 0.223. The van der Waals surface area contributed by atoms with E-state index < -0.39 is 23.2 Å². The Bertz CT molecular complexity index is 1940. The van der Waals surface area contributed by atoms with E-state index in [1.165, 1.54) is 16.7 Å². The van der Waals surface area contributed by atoms with Gasteiger partial charge >= 0.3 is 11.8 Å². The van der Waals surface area contributed by atoms with Crippen molar-refractivity contribution in [2.75, 3.05) is 29.9 Å². The number of nitrogens with one attached hydrogen (secondary N) is 1. The fourth-order valence-electron chi connectivity index (χ4n) is 5.76. The van der Waals surface area contributed by atoms with Crippen molar-refractivity contribution in [2.24, 2.45) is 0 Å². The van der Waals surface area contributed by atoms with Crippen LogP contribution in [0.1, 0.15) is 53.0 Å². The predicted molar refractivity (Wildman–Crippen MR) is 183 cm³/mol. The van der Waals surface area contributed by atoms with E-state index in [0.717, 1.165) is 5.56 Å². The van der Waals surface area contributed by atoms with Crippen LogP contribution in [-0.4, -0.2) is 62.7 Å². The highest BCUT2D eigenvalue weighted by molar-refractivity contribution is 6.33. The van der Waals surface area contributed by atoms with Gasteiger partial charge in [0.05, 0.1) is 27.5 Å². The van der Waals surface area contributed by atoms with E-state index in [4.69, 9.17) is 21.3 Å². The van der Waals surface area contributed by atoms with Gasteiger partial charge in [0.2, 0.25) is 5.91 Å². The maximum atomic E-state index is 15.1. The molecule has 1 aliphatic rings. The molecule has 1 aliphatic heterocycles. The molecule has 5 rings (SSSR count). The number of amides is 2. The fraction of sp³-hybridized carbons (Fsp3) is 0.343. The lowest BCUT2D eigenvalue weighted by atomic mass is 9.99. The molecule has 1 N–H and O–H groups in total. The van der Waals surface area contributed by atoms with Gasteiger partial charge in [0, 0.05) is 31.2 Å². The number of fused-ring (bicyclic) bond motifs is 1. The molecule has 2 amide bonds. The normalized spacial score (nSPS) is 15.2. The SMILES string of the molecule is C=CC(=O)N1CCN(c2nc(=O)n(-c3c(NC(=O)OC(C)(C)C)cccc3C(C)C)c3nc(-c4ccccc4F)c(Cl)cc23)[C@@H](C)C1. The number of rotatable bonds is 6. The van der Waals surface area contributed by atoms with E-state index in [-0.39, 0.29) is 39.8 Å². The number of nitrogens with zero attached hydrogens (tertiary/aromatic N) is 5. The summed E-state index contributed by atoms with van der Waals surface area (Å²) in [5, 5.41) is 3.40. The molecule has 0 saturated carbocycles. The molecule has 0 spiro atoms. The Hall–Kier alpha value is -4.77. The van der Waals surface area contributed by atoms with Crippen molar-refractivity contribution in [1.82, 2.24) is 19.4 Å². The monoisotopic (exact) mass is 660 g/mol. The standard InChI is InChI=1S/C35H38ClFN6O4/c1-8-28(44)41-16-17-42(21(4)19-41)31-24-18-25(36)29(23-12-9-10-14-26(23)37)39-32(24)43(33(45)40-31)30-22(20(2)3)13-11-15-27(30)38-34(46)47-35(5,6)7/h8-15,18,20-21H,1,16-17,19H2,2-7H3,(H,38,46)/t21-/m0/s1. The third-order valence-corrected chi connectivity index (χ3v) is 8.15. The Labute approximate surface area is 277 Å². The van der Waals surface area contributed by atoms with Gasteiger partial charge in [0.15, 0.2) is 5.65 Å². The molecule has 0 aliphatic carbocycles. The molecule has 246 valence electrons. The second-order valence-electron chi connectivity index (χ2n) is 12.8. The number of carbonyl (C=O) groups is 2. The Kier molecular flexibility index (Phi) is 9.40. The maximum Gasteiger partial charge on any atom is 0.412 e. The van der Waals surface area contributed by atoms with Crippen molar-refractivity contribution in [2.45, 2.75) is 59.1 Å². The minimum Gasteiger partial charge on any atom is -0.444 e. The van der Waals surface area contributed by atoms with E-state index in [9.17, 15) is 14.4 Å². The van der Waals surface area contributed by atoms with Gasteiger partial charge in [-0.3, -0.25) is 10.1 Å². The fourth-order valence-corrected chi connectivity index (χ4v) is 6.01. The zero-order valence-electron chi connectivity index (χ0n) is 27.3. The number of hydrogen-bond donors (Lipinski definition) is 1. The summed E-state index contributed by atoms with van der Waals surface area (Å²) in [6.45, 7) is 15.9. The average molecular weight is 661 g/mol. The van der Waals surface area contributed by atoms with Crippen LogP contribution in [0.2, 0.25) is 5.02 Å². The van der Waals surface area contributed by atoms with Crippen molar-refractivity contribution in [1.29, 1.82) is 0 Å². The third kappa shape index (κ3) is 6.85. The zero-order chi connectivity index (χ0) is 34.2. The van der Waals surface area contributed by atoms with Crippen molar-refractivity contribution in [3.63, 3.8) is 0 Å². The van der Waals surface area contributed by atoms with Crippen molar-refractivity contribution in [3.8, 4) is 16.9 Å². The number of pyridine rings is 1. The van der Waals surface area contributed by atoms with E-state index in [0.29, 0.717) is 42.2 Å². The van der Waals surface area contributed by atoms with Gasteiger partial charge < -0.3 is 14.5 Å².